The predicted octanol–water partition coefficient (Wildman–Crippen LogP) is 2.62. The molecule has 0 fully saturated rings. The highest BCUT2D eigenvalue weighted by atomic mass is 32.2. The molecule has 0 aliphatic rings. The molecule has 130 valence electrons. The van der Waals surface area contributed by atoms with Crippen LogP contribution in [-0.4, -0.2) is 47.0 Å². The molecule has 2 aromatic rings. The van der Waals surface area contributed by atoms with E-state index < -0.39 is 0 Å². The summed E-state index contributed by atoms with van der Waals surface area (Å²) in [5.41, 5.74) is 0. The van der Waals surface area contributed by atoms with Crippen molar-refractivity contribution in [1.82, 2.24) is 15.1 Å². The molecule has 24 heavy (non-hydrogen) atoms. The van der Waals surface area contributed by atoms with Gasteiger partial charge in [0, 0.05) is 13.1 Å². The Morgan fingerprint density at radius 2 is 1.92 bits per heavy atom. The second-order valence-electron chi connectivity index (χ2n) is 4.76. The van der Waals surface area contributed by atoms with Crippen LogP contribution >= 0.6 is 11.8 Å². The third-order valence-corrected chi connectivity index (χ3v) is 4.11. The first-order chi connectivity index (χ1) is 11.7. The molecule has 2 rings (SSSR count). The van der Waals surface area contributed by atoms with Gasteiger partial charge in [0.25, 0.3) is 11.1 Å². The van der Waals surface area contributed by atoms with Gasteiger partial charge in [0.2, 0.25) is 5.91 Å². The number of rotatable bonds is 9. The number of methoxy groups -OCH3 is 1. The van der Waals surface area contributed by atoms with Crippen LogP contribution in [0, 0.1) is 0 Å². The number of nitrogens with zero attached hydrogens (tertiary/aromatic N) is 3. The van der Waals surface area contributed by atoms with Crippen molar-refractivity contribution >= 4 is 17.7 Å². The average molecular weight is 351 g/mol. The lowest BCUT2D eigenvalue weighted by molar-refractivity contribution is -0.127. The fraction of sp³-hybridized carbons (Fsp3) is 0.438. The number of ether oxygens (including phenoxy) is 2. The van der Waals surface area contributed by atoms with E-state index in [4.69, 9.17) is 13.9 Å². The Balaban J connectivity index is 1.86. The van der Waals surface area contributed by atoms with Gasteiger partial charge < -0.3 is 18.8 Å². The van der Waals surface area contributed by atoms with Crippen LogP contribution in [0.5, 0.6) is 11.5 Å². The van der Waals surface area contributed by atoms with Crippen molar-refractivity contribution in [2.75, 3.05) is 26.0 Å². The van der Waals surface area contributed by atoms with Gasteiger partial charge in [-0.05, 0) is 26.0 Å². The maximum atomic E-state index is 11.9. The lowest BCUT2D eigenvalue weighted by atomic mass is 10.3. The number of benzene rings is 1. The Bertz CT molecular complexity index is 658. The van der Waals surface area contributed by atoms with E-state index in [9.17, 15) is 4.79 Å². The smallest absolute Gasteiger partial charge is 0.277 e. The second kappa shape index (κ2) is 9.17. The number of carbonyl (C=O) groups excluding carboxylic acids is 1. The lowest BCUT2D eigenvalue weighted by Gasteiger charge is -2.17. The summed E-state index contributed by atoms with van der Waals surface area (Å²) < 4.78 is 16.3. The molecule has 0 aliphatic heterocycles. The summed E-state index contributed by atoms with van der Waals surface area (Å²) in [5.74, 6) is 1.91. The Labute approximate surface area is 145 Å². The first-order valence-electron chi connectivity index (χ1n) is 7.66. The monoisotopic (exact) mass is 351 g/mol. The molecule has 0 radical (unpaired) electrons. The normalized spacial score (nSPS) is 10.5. The molecule has 0 bridgehead atoms. The van der Waals surface area contributed by atoms with Crippen molar-refractivity contribution in [2.24, 2.45) is 0 Å². The minimum absolute atomic E-state index is 0.0509. The summed E-state index contributed by atoms with van der Waals surface area (Å²) in [6, 6.07) is 7.32. The van der Waals surface area contributed by atoms with Gasteiger partial charge >= 0.3 is 0 Å². The summed E-state index contributed by atoms with van der Waals surface area (Å²) in [4.78, 5) is 13.7. The van der Waals surface area contributed by atoms with Crippen LogP contribution in [0.15, 0.2) is 33.9 Å². The summed E-state index contributed by atoms with van der Waals surface area (Å²) in [5, 5.41) is 8.20. The molecule has 0 spiro atoms. The number of hydrogen-bond donors (Lipinski definition) is 0. The van der Waals surface area contributed by atoms with Crippen molar-refractivity contribution in [2.45, 2.75) is 25.7 Å². The SMILES string of the molecule is CCN(CC)C(=O)CSc1nnc(COc2ccccc2OC)o1. The molecular formula is C16H21N3O4S. The van der Waals surface area contributed by atoms with Gasteiger partial charge in [-0.1, -0.05) is 23.9 Å². The van der Waals surface area contributed by atoms with Gasteiger partial charge in [0.05, 0.1) is 12.9 Å². The van der Waals surface area contributed by atoms with Crippen LogP contribution in [0.4, 0.5) is 0 Å². The highest BCUT2D eigenvalue weighted by Crippen LogP contribution is 2.26. The zero-order valence-corrected chi connectivity index (χ0v) is 14.8. The van der Waals surface area contributed by atoms with Crippen molar-refractivity contribution in [1.29, 1.82) is 0 Å². The number of carbonyl (C=O) groups is 1. The Hall–Kier alpha value is -2.22. The van der Waals surface area contributed by atoms with Crippen LogP contribution in [0.3, 0.4) is 0 Å². The maximum absolute atomic E-state index is 11.9. The van der Waals surface area contributed by atoms with E-state index in [-0.39, 0.29) is 18.3 Å². The molecule has 0 atom stereocenters. The molecule has 0 saturated heterocycles. The minimum atomic E-state index is 0.0509. The minimum Gasteiger partial charge on any atom is -0.493 e. The van der Waals surface area contributed by atoms with E-state index in [0.717, 1.165) is 0 Å². The largest absolute Gasteiger partial charge is 0.493 e. The molecule has 1 amide bonds. The summed E-state index contributed by atoms with van der Waals surface area (Å²) in [6.07, 6.45) is 0. The molecule has 1 heterocycles. The molecule has 1 aromatic heterocycles. The molecule has 0 saturated carbocycles. The highest BCUT2D eigenvalue weighted by Gasteiger charge is 2.14. The number of aromatic nitrogens is 2. The standard InChI is InChI=1S/C16H21N3O4S/c1-4-19(5-2)15(20)11-24-16-18-17-14(23-16)10-22-13-9-7-6-8-12(13)21-3/h6-9H,4-5,10-11H2,1-3H3. The fourth-order valence-electron chi connectivity index (χ4n) is 2.02. The number of para-hydroxylation sites is 2. The van der Waals surface area contributed by atoms with Crippen LogP contribution in [0.25, 0.3) is 0 Å². The molecule has 0 unspecified atom stereocenters. The van der Waals surface area contributed by atoms with Crippen molar-refractivity contribution in [3.63, 3.8) is 0 Å². The Morgan fingerprint density at radius 1 is 1.21 bits per heavy atom. The van der Waals surface area contributed by atoms with Crippen LogP contribution in [-0.2, 0) is 11.4 Å². The zero-order chi connectivity index (χ0) is 17.4. The third-order valence-electron chi connectivity index (χ3n) is 3.30. The Morgan fingerprint density at radius 3 is 2.58 bits per heavy atom. The first-order valence-corrected chi connectivity index (χ1v) is 8.65. The number of hydrogen-bond acceptors (Lipinski definition) is 7. The highest BCUT2D eigenvalue weighted by molar-refractivity contribution is 7.99. The second-order valence-corrected chi connectivity index (χ2v) is 5.68. The molecule has 0 aliphatic carbocycles. The molecular weight excluding hydrogens is 330 g/mol. The lowest BCUT2D eigenvalue weighted by Crippen LogP contribution is -2.31. The van der Waals surface area contributed by atoms with E-state index in [0.29, 0.717) is 35.7 Å². The third kappa shape index (κ3) is 4.89. The maximum Gasteiger partial charge on any atom is 0.277 e. The van der Waals surface area contributed by atoms with E-state index >= 15 is 0 Å². The van der Waals surface area contributed by atoms with Crippen molar-refractivity contribution in [3.05, 3.63) is 30.2 Å². The number of thioether (sulfide) groups is 1. The van der Waals surface area contributed by atoms with E-state index in [1.807, 2.05) is 32.0 Å². The fourth-order valence-corrected chi connectivity index (χ4v) is 2.71. The van der Waals surface area contributed by atoms with E-state index in [1.165, 1.54) is 11.8 Å². The van der Waals surface area contributed by atoms with Gasteiger partial charge in [0.1, 0.15) is 0 Å². The van der Waals surface area contributed by atoms with Gasteiger partial charge in [0.15, 0.2) is 18.1 Å². The van der Waals surface area contributed by atoms with Crippen LogP contribution in [0.1, 0.15) is 19.7 Å². The molecule has 7 nitrogen and oxygen atoms in total. The van der Waals surface area contributed by atoms with Gasteiger partial charge in [-0.3, -0.25) is 4.79 Å². The van der Waals surface area contributed by atoms with Crippen LogP contribution in [0.2, 0.25) is 0 Å². The molecule has 8 heteroatoms. The first kappa shape index (κ1) is 18.1. The zero-order valence-electron chi connectivity index (χ0n) is 14.0. The molecule has 0 N–H and O–H groups in total. The summed E-state index contributed by atoms with van der Waals surface area (Å²) in [7, 11) is 1.58. The van der Waals surface area contributed by atoms with Gasteiger partial charge in [-0.15, -0.1) is 10.2 Å². The van der Waals surface area contributed by atoms with Crippen LogP contribution < -0.4 is 9.47 Å². The van der Waals surface area contributed by atoms with Crippen molar-refractivity contribution < 1.29 is 18.7 Å². The topological polar surface area (TPSA) is 77.7 Å². The Kier molecular flexibility index (Phi) is 6.92. The summed E-state index contributed by atoms with van der Waals surface area (Å²) >= 11 is 1.23. The summed E-state index contributed by atoms with van der Waals surface area (Å²) in [6.45, 7) is 5.42. The predicted molar refractivity (Wildman–Crippen MR) is 90.3 cm³/mol. The number of amides is 1. The quantitative estimate of drug-likeness (QED) is 0.643. The van der Waals surface area contributed by atoms with E-state index in [2.05, 4.69) is 10.2 Å². The van der Waals surface area contributed by atoms with Gasteiger partial charge in [-0.25, -0.2) is 0 Å². The van der Waals surface area contributed by atoms with E-state index in [1.54, 1.807) is 18.1 Å². The van der Waals surface area contributed by atoms with Gasteiger partial charge in [-0.2, -0.15) is 0 Å². The molecule has 1 aromatic carbocycles. The van der Waals surface area contributed by atoms with Crippen molar-refractivity contribution in [3.8, 4) is 11.5 Å². The average Bonchev–Trinajstić information content (AvgIpc) is 3.07.